The van der Waals surface area contributed by atoms with E-state index in [9.17, 15) is 9.59 Å². The van der Waals surface area contributed by atoms with Gasteiger partial charge in [-0.2, -0.15) is 0 Å². The Hall–Kier alpha value is -2.50. The third-order valence-corrected chi connectivity index (χ3v) is 6.21. The Morgan fingerprint density at radius 2 is 1.76 bits per heavy atom. The molecule has 0 radical (unpaired) electrons. The van der Waals surface area contributed by atoms with Gasteiger partial charge >= 0.3 is 0 Å². The van der Waals surface area contributed by atoms with Crippen LogP contribution in [-0.4, -0.2) is 30.4 Å². The minimum Gasteiger partial charge on any atom is -0.317 e. The molecule has 1 heterocycles. The molecule has 2 aliphatic rings. The molecule has 0 spiro atoms. The van der Waals surface area contributed by atoms with E-state index in [-0.39, 0.29) is 23.7 Å². The van der Waals surface area contributed by atoms with E-state index >= 15 is 0 Å². The molecule has 0 bridgehead atoms. The third-order valence-electron chi connectivity index (χ3n) is 6.21. The Morgan fingerprint density at radius 3 is 2.38 bits per heavy atom. The zero-order valence-electron chi connectivity index (χ0n) is 16.9. The fourth-order valence-corrected chi connectivity index (χ4v) is 4.08. The van der Waals surface area contributed by atoms with Crippen LogP contribution in [0.15, 0.2) is 54.6 Å². The first-order valence-corrected chi connectivity index (χ1v) is 10.5. The lowest BCUT2D eigenvalue weighted by molar-refractivity contribution is -0.130. The number of hydrogen-bond donors (Lipinski definition) is 2. The van der Waals surface area contributed by atoms with E-state index < -0.39 is 5.54 Å². The number of nitrogens with two attached hydrogens (primary N) is 1. The molecule has 2 amide bonds. The van der Waals surface area contributed by atoms with Crippen LogP contribution in [0.3, 0.4) is 0 Å². The minimum absolute atomic E-state index is 0.152. The van der Waals surface area contributed by atoms with Gasteiger partial charge in [0.05, 0.1) is 17.1 Å². The highest BCUT2D eigenvalue weighted by Crippen LogP contribution is 2.37. The fraction of sp³-hybridized carbons (Fsp3) is 0.417. The second kappa shape index (κ2) is 8.09. The van der Waals surface area contributed by atoms with Crippen molar-refractivity contribution in [2.45, 2.75) is 44.1 Å². The summed E-state index contributed by atoms with van der Waals surface area (Å²) in [6.45, 7) is 3.57. The van der Waals surface area contributed by atoms with Crippen molar-refractivity contribution in [3.63, 3.8) is 0 Å². The zero-order valence-corrected chi connectivity index (χ0v) is 16.9. The molecule has 3 N–H and O–H groups in total. The summed E-state index contributed by atoms with van der Waals surface area (Å²) in [6, 6.07) is 17.8. The lowest BCUT2D eigenvalue weighted by Gasteiger charge is -2.33. The summed E-state index contributed by atoms with van der Waals surface area (Å²) in [5, 5.41) is 3.40. The number of imide groups is 1. The van der Waals surface area contributed by atoms with Crippen LogP contribution in [0.2, 0.25) is 0 Å². The van der Waals surface area contributed by atoms with Gasteiger partial charge in [-0.3, -0.25) is 9.59 Å². The van der Waals surface area contributed by atoms with Gasteiger partial charge in [0.25, 0.3) is 5.91 Å². The van der Waals surface area contributed by atoms with Crippen molar-refractivity contribution in [3.8, 4) is 0 Å². The highest BCUT2D eigenvalue weighted by atomic mass is 16.2. The maximum absolute atomic E-state index is 13.5. The molecular formula is C24H29N3O2. The van der Waals surface area contributed by atoms with Gasteiger partial charge in [0.15, 0.2) is 0 Å². The molecule has 2 unspecified atom stereocenters. The molecular weight excluding hydrogens is 362 g/mol. The molecule has 5 heteroatoms. The molecule has 1 saturated carbocycles. The first kappa shape index (κ1) is 19.8. The molecule has 5 nitrogen and oxygen atoms in total. The highest BCUT2D eigenvalue weighted by Gasteiger charge is 2.50. The van der Waals surface area contributed by atoms with Gasteiger partial charge in [0.1, 0.15) is 0 Å². The van der Waals surface area contributed by atoms with E-state index in [1.165, 1.54) is 16.0 Å². The lowest BCUT2D eigenvalue weighted by atomic mass is 9.84. The Morgan fingerprint density at radius 1 is 1.07 bits per heavy atom. The van der Waals surface area contributed by atoms with Crippen LogP contribution in [0.1, 0.15) is 43.2 Å². The smallest absolute Gasteiger partial charge is 0.253 e. The normalized spacial score (nSPS) is 22.7. The molecule has 1 saturated heterocycles. The van der Waals surface area contributed by atoms with Crippen molar-refractivity contribution in [2.75, 3.05) is 18.0 Å². The SMILES string of the molecule is CCc1ccc(C2CNCC(C(=O)N(C(=O)C3(N)CC3)c3ccccc3)C2)cc1. The van der Waals surface area contributed by atoms with E-state index in [0.29, 0.717) is 25.1 Å². The quantitative estimate of drug-likeness (QED) is 0.769. The molecule has 29 heavy (non-hydrogen) atoms. The first-order valence-electron chi connectivity index (χ1n) is 10.5. The second-order valence-electron chi connectivity index (χ2n) is 8.35. The average Bonchev–Trinajstić information content (AvgIpc) is 3.53. The van der Waals surface area contributed by atoms with Crippen LogP contribution in [0.5, 0.6) is 0 Å². The van der Waals surface area contributed by atoms with E-state index in [1.54, 1.807) is 12.1 Å². The Labute approximate surface area is 172 Å². The van der Waals surface area contributed by atoms with Gasteiger partial charge in [0.2, 0.25) is 5.91 Å². The fourth-order valence-electron chi connectivity index (χ4n) is 4.08. The number of carbonyl (C=O) groups is 2. The van der Waals surface area contributed by atoms with E-state index in [4.69, 9.17) is 5.73 Å². The van der Waals surface area contributed by atoms with E-state index in [1.807, 2.05) is 18.2 Å². The topological polar surface area (TPSA) is 75.4 Å². The monoisotopic (exact) mass is 391 g/mol. The first-order chi connectivity index (χ1) is 14.0. The van der Waals surface area contributed by atoms with Crippen molar-refractivity contribution in [3.05, 3.63) is 65.7 Å². The summed E-state index contributed by atoms with van der Waals surface area (Å²) >= 11 is 0. The predicted molar refractivity (Wildman–Crippen MR) is 115 cm³/mol. The number of amides is 2. The van der Waals surface area contributed by atoms with E-state index in [2.05, 4.69) is 36.5 Å². The van der Waals surface area contributed by atoms with Crippen molar-refractivity contribution >= 4 is 17.5 Å². The summed E-state index contributed by atoms with van der Waals surface area (Å²) in [7, 11) is 0. The summed E-state index contributed by atoms with van der Waals surface area (Å²) in [5.41, 5.74) is 8.45. The van der Waals surface area contributed by atoms with Crippen LogP contribution in [0.25, 0.3) is 0 Å². The van der Waals surface area contributed by atoms with Gasteiger partial charge < -0.3 is 11.1 Å². The number of aryl methyl sites for hydroxylation is 1. The van der Waals surface area contributed by atoms with Gasteiger partial charge in [0, 0.05) is 13.1 Å². The number of benzene rings is 2. The molecule has 0 aromatic heterocycles. The molecule has 2 atom stereocenters. The third kappa shape index (κ3) is 4.11. The number of para-hydroxylation sites is 1. The van der Waals surface area contributed by atoms with Gasteiger partial charge in [-0.1, -0.05) is 49.4 Å². The lowest BCUT2D eigenvalue weighted by Crippen LogP contribution is -2.53. The molecule has 1 aliphatic heterocycles. The average molecular weight is 392 g/mol. The standard InChI is InChI=1S/C24H29N3O2/c1-2-17-8-10-18(11-9-17)19-14-20(16-26-15-19)22(28)27(21-6-4-3-5-7-21)23(29)24(25)12-13-24/h3-11,19-20,26H,2,12-16,25H2,1H3. The zero-order chi connectivity index (χ0) is 20.4. The van der Waals surface area contributed by atoms with E-state index in [0.717, 1.165) is 19.4 Å². The number of piperidine rings is 1. The Bertz CT molecular complexity index is 875. The van der Waals surface area contributed by atoms with Crippen molar-refractivity contribution in [2.24, 2.45) is 11.7 Å². The van der Waals surface area contributed by atoms with Crippen LogP contribution in [0.4, 0.5) is 5.69 Å². The molecule has 2 aromatic carbocycles. The molecule has 1 aliphatic carbocycles. The van der Waals surface area contributed by atoms with Crippen molar-refractivity contribution in [1.29, 1.82) is 0 Å². The maximum atomic E-state index is 13.5. The summed E-state index contributed by atoms with van der Waals surface area (Å²) < 4.78 is 0. The largest absolute Gasteiger partial charge is 0.317 e. The molecule has 152 valence electrons. The summed E-state index contributed by atoms with van der Waals surface area (Å²) in [5.74, 6) is -0.432. The van der Waals surface area contributed by atoms with Crippen LogP contribution in [0, 0.1) is 5.92 Å². The molecule has 2 aromatic rings. The van der Waals surface area contributed by atoms with Crippen molar-refractivity contribution < 1.29 is 9.59 Å². The summed E-state index contributed by atoms with van der Waals surface area (Å²) in [6.07, 6.45) is 3.01. The van der Waals surface area contributed by atoms with Crippen LogP contribution in [-0.2, 0) is 16.0 Å². The second-order valence-corrected chi connectivity index (χ2v) is 8.35. The summed E-state index contributed by atoms with van der Waals surface area (Å²) in [4.78, 5) is 27.9. The van der Waals surface area contributed by atoms with Gasteiger partial charge in [-0.05, 0) is 54.9 Å². The number of carbonyl (C=O) groups excluding carboxylic acids is 2. The number of hydrogen-bond acceptors (Lipinski definition) is 4. The maximum Gasteiger partial charge on any atom is 0.253 e. The number of anilines is 1. The van der Waals surface area contributed by atoms with Gasteiger partial charge in [-0.15, -0.1) is 0 Å². The van der Waals surface area contributed by atoms with Crippen molar-refractivity contribution in [1.82, 2.24) is 5.32 Å². The Balaban J connectivity index is 1.56. The molecule has 4 rings (SSSR count). The van der Waals surface area contributed by atoms with Gasteiger partial charge in [-0.25, -0.2) is 4.90 Å². The Kier molecular flexibility index (Phi) is 5.52. The number of nitrogens with zero attached hydrogens (tertiary/aromatic N) is 1. The molecule has 2 fully saturated rings. The number of rotatable bonds is 5. The highest BCUT2D eigenvalue weighted by molar-refractivity contribution is 6.19. The van der Waals surface area contributed by atoms with Crippen LogP contribution >= 0.6 is 0 Å². The van der Waals surface area contributed by atoms with Crippen LogP contribution < -0.4 is 16.0 Å². The predicted octanol–water partition coefficient (Wildman–Crippen LogP) is 2.99. The number of nitrogens with one attached hydrogen (secondary N) is 1. The minimum atomic E-state index is -0.886.